The van der Waals surface area contributed by atoms with Gasteiger partial charge in [-0.25, -0.2) is 4.98 Å². The molecule has 0 spiro atoms. The zero-order chi connectivity index (χ0) is 5.98. The van der Waals surface area contributed by atoms with Crippen molar-refractivity contribution in [2.24, 2.45) is 0 Å². The average molecular weight is 119 g/mol. The molecule has 0 aromatic carbocycles. The molecular weight excluding hydrogens is 116 g/mol. The molecule has 0 atom stereocenters. The van der Waals surface area contributed by atoms with E-state index in [0.29, 0.717) is 0 Å². The highest BCUT2D eigenvalue weighted by molar-refractivity contribution is 4.79. The first-order chi connectivity index (χ1) is 3.80. The van der Waals surface area contributed by atoms with Crippen LogP contribution in [0.3, 0.4) is 0 Å². The summed E-state index contributed by atoms with van der Waals surface area (Å²) in [6.07, 6.45) is -0.298. The summed E-state index contributed by atoms with van der Waals surface area (Å²) in [6.45, 7) is 0. The quantitative estimate of drug-likeness (QED) is 0.561. The third-order valence-electron chi connectivity index (χ3n) is 0.638. The number of halogens is 2. The molecule has 0 saturated carbocycles. The van der Waals surface area contributed by atoms with Gasteiger partial charge in [-0.05, 0) is 0 Å². The summed E-state index contributed by atoms with van der Waals surface area (Å²) in [4.78, 5) is 3.20. The van der Waals surface area contributed by atoms with Crippen molar-refractivity contribution in [1.29, 1.82) is 0 Å². The van der Waals surface area contributed by atoms with E-state index in [0.717, 1.165) is 6.26 Å². The van der Waals surface area contributed by atoms with E-state index in [4.69, 9.17) is 0 Å². The Labute approximate surface area is 44.1 Å². The van der Waals surface area contributed by atoms with Crippen LogP contribution >= 0.6 is 0 Å². The van der Waals surface area contributed by atoms with Gasteiger partial charge >= 0.3 is 6.43 Å². The standard InChI is InChI=1S/C4H3F2NO/c5-3(6)4-7-1-2-8-4/h1-3H. The average Bonchev–Trinajstić information content (AvgIpc) is 2.12. The van der Waals surface area contributed by atoms with Gasteiger partial charge in [-0.1, -0.05) is 0 Å². The van der Waals surface area contributed by atoms with E-state index < -0.39 is 12.3 Å². The Balaban J connectivity index is 2.77. The van der Waals surface area contributed by atoms with E-state index in [9.17, 15) is 8.78 Å². The molecular formula is C4H3F2NO. The molecule has 0 bridgehead atoms. The molecule has 8 heavy (non-hydrogen) atoms. The summed E-state index contributed by atoms with van der Waals surface area (Å²) >= 11 is 0. The Morgan fingerprint density at radius 1 is 1.62 bits per heavy atom. The van der Waals surface area contributed by atoms with Gasteiger partial charge in [0.15, 0.2) is 0 Å². The van der Waals surface area contributed by atoms with Crippen molar-refractivity contribution in [2.75, 3.05) is 0 Å². The monoisotopic (exact) mass is 119 g/mol. The molecule has 0 aliphatic carbocycles. The number of aromatic nitrogens is 1. The van der Waals surface area contributed by atoms with E-state index in [1.165, 1.54) is 6.20 Å². The van der Waals surface area contributed by atoms with Crippen molar-refractivity contribution in [2.45, 2.75) is 6.43 Å². The Morgan fingerprint density at radius 2 is 2.38 bits per heavy atom. The lowest BCUT2D eigenvalue weighted by atomic mass is 10.7. The molecule has 0 radical (unpaired) electrons. The van der Waals surface area contributed by atoms with Gasteiger partial charge in [0.05, 0.1) is 6.20 Å². The normalized spacial score (nSPS) is 10.4. The topological polar surface area (TPSA) is 26.0 Å². The van der Waals surface area contributed by atoms with E-state index in [2.05, 4.69) is 9.40 Å². The van der Waals surface area contributed by atoms with Gasteiger partial charge in [-0.15, -0.1) is 0 Å². The molecule has 0 N–H and O–H groups in total. The largest absolute Gasteiger partial charge is 0.444 e. The zero-order valence-corrected chi connectivity index (χ0v) is 3.84. The Morgan fingerprint density at radius 3 is 2.62 bits per heavy atom. The van der Waals surface area contributed by atoms with Crippen molar-refractivity contribution in [3.8, 4) is 0 Å². The predicted molar refractivity (Wildman–Crippen MR) is 21.5 cm³/mol. The molecule has 44 valence electrons. The lowest BCUT2D eigenvalue weighted by Gasteiger charge is -1.85. The van der Waals surface area contributed by atoms with Gasteiger partial charge in [0, 0.05) is 0 Å². The van der Waals surface area contributed by atoms with Crippen LogP contribution in [0.1, 0.15) is 12.3 Å². The van der Waals surface area contributed by atoms with Gasteiger partial charge in [0.25, 0.3) is 5.89 Å². The minimum Gasteiger partial charge on any atom is -0.444 e. The van der Waals surface area contributed by atoms with Crippen LogP contribution in [0.4, 0.5) is 8.78 Å². The number of nitrogens with zero attached hydrogens (tertiary/aromatic N) is 1. The Hall–Kier alpha value is -0.930. The second-order valence-corrected chi connectivity index (χ2v) is 1.17. The third-order valence-corrected chi connectivity index (χ3v) is 0.638. The van der Waals surface area contributed by atoms with Crippen LogP contribution in [0.25, 0.3) is 0 Å². The summed E-state index contributed by atoms with van der Waals surface area (Å²) in [7, 11) is 0. The number of alkyl halides is 2. The maximum Gasteiger partial charge on any atom is 0.313 e. The molecule has 1 rings (SSSR count). The van der Waals surface area contributed by atoms with Gasteiger partial charge in [0.2, 0.25) is 0 Å². The van der Waals surface area contributed by atoms with Crippen molar-refractivity contribution in [3.63, 3.8) is 0 Å². The van der Waals surface area contributed by atoms with E-state index in [-0.39, 0.29) is 0 Å². The van der Waals surface area contributed by atoms with Crippen LogP contribution < -0.4 is 0 Å². The molecule has 0 fully saturated rings. The maximum atomic E-state index is 11.4. The lowest BCUT2D eigenvalue weighted by Crippen LogP contribution is -1.79. The van der Waals surface area contributed by atoms with E-state index in [1.807, 2.05) is 0 Å². The fourth-order valence-electron chi connectivity index (χ4n) is 0.342. The van der Waals surface area contributed by atoms with Crippen LogP contribution in [0.2, 0.25) is 0 Å². The molecule has 0 amide bonds. The van der Waals surface area contributed by atoms with Crippen molar-refractivity contribution >= 4 is 0 Å². The first-order valence-corrected chi connectivity index (χ1v) is 1.98. The summed E-state index contributed by atoms with van der Waals surface area (Å²) in [5.41, 5.74) is 0. The molecule has 0 saturated heterocycles. The highest BCUT2D eigenvalue weighted by Gasteiger charge is 2.09. The van der Waals surface area contributed by atoms with Crippen LogP contribution in [-0.4, -0.2) is 4.98 Å². The second-order valence-electron chi connectivity index (χ2n) is 1.17. The molecule has 1 aromatic heterocycles. The van der Waals surface area contributed by atoms with Crippen LogP contribution in [0.15, 0.2) is 16.9 Å². The Kier molecular flexibility index (Phi) is 1.24. The molecule has 0 aliphatic heterocycles. The summed E-state index contributed by atoms with van der Waals surface area (Å²) < 4.78 is 27.1. The van der Waals surface area contributed by atoms with Crippen molar-refractivity contribution < 1.29 is 13.2 Å². The van der Waals surface area contributed by atoms with Gasteiger partial charge < -0.3 is 4.42 Å². The summed E-state index contributed by atoms with van der Waals surface area (Å²) in [5, 5.41) is 0. The molecule has 1 aromatic rings. The van der Waals surface area contributed by atoms with Crippen LogP contribution in [0, 0.1) is 0 Å². The number of hydrogen-bond donors (Lipinski definition) is 0. The summed E-state index contributed by atoms with van der Waals surface area (Å²) in [5.74, 6) is -0.523. The number of oxazole rings is 1. The molecule has 0 unspecified atom stereocenters. The number of hydrogen-bond acceptors (Lipinski definition) is 2. The highest BCUT2D eigenvalue weighted by atomic mass is 19.3. The van der Waals surface area contributed by atoms with E-state index >= 15 is 0 Å². The SMILES string of the molecule is FC(F)c1ncco1. The van der Waals surface area contributed by atoms with Gasteiger partial charge in [-0.3, -0.25) is 0 Å². The van der Waals surface area contributed by atoms with Gasteiger partial charge in [0.1, 0.15) is 6.26 Å². The third kappa shape index (κ3) is 0.828. The first kappa shape index (κ1) is 5.21. The van der Waals surface area contributed by atoms with E-state index in [1.54, 1.807) is 0 Å². The summed E-state index contributed by atoms with van der Waals surface area (Å²) in [6, 6.07) is 0. The van der Waals surface area contributed by atoms with Crippen molar-refractivity contribution in [1.82, 2.24) is 4.98 Å². The predicted octanol–water partition coefficient (Wildman–Crippen LogP) is 1.61. The second kappa shape index (κ2) is 1.90. The van der Waals surface area contributed by atoms with Crippen LogP contribution in [-0.2, 0) is 0 Å². The minimum atomic E-state index is -2.59. The van der Waals surface area contributed by atoms with Crippen molar-refractivity contribution in [3.05, 3.63) is 18.4 Å². The molecule has 2 nitrogen and oxygen atoms in total. The Bertz CT molecular complexity index is 149. The maximum absolute atomic E-state index is 11.4. The smallest absolute Gasteiger partial charge is 0.313 e. The first-order valence-electron chi connectivity index (χ1n) is 1.98. The minimum absolute atomic E-state index is 0.523. The van der Waals surface area contributed by atoms with Crippen LogP contribution in [0.5, 0.6) is 0 Å². The van der Waals surface area contributed by atoms with Gasteiger partial charge in [-0.2, -0.15) is 8.78 Å². The molecule has 4 heteroatoms. The fraction of sp³-hybridized carbons (Fsp3) is 0.250. The molecule has 0 aliphatic rings. The highest BCUT2D eigenvalue weighted by Crippen LogP contribution is 2.14. The lowest BCUT2D eigenvalue weighted by molar-refractivity contribution is 0.115. The number of rotatable bonds is 1. The fourth-order valence-corrected chi connectivity index (χ4v) is 0.342. The zero-order valence-electron chi connectivity index (χ0n) is 3.84. The molecule has 1 heterocycles.